The highest BCUT2D eigenvalue weighted by Gasteiger charge is 2.61. The molecule has 1 saturated heterocycles. The Morgan fingerprint density at radius 1 is 1.39 bits per heavy atom. The van der Waals surface area contributed by atoms with Gasteiger partial charge in [-0.3, -0.25) is 0 Å². The van der Waals surface area contributed by atoms with Crippen LogP contribution in [-0.2, 0) is 9.47 Å². The number of anilines is 1. The first-order valence-corrected chi connectivity index (χ1v) is 7.89. The minimum Gasteiger partial charge on any atom is -0.480 e. The lowest BCUT2D eigenvalue weighted by molar-refractivity contribution is -0.101. The summed E-state index contributed by atoms with van der Waals surface area (Å²) in [6, 6.07) is 3.90. The molecule has 1 aliphatic heterocycles. The number of aromatic nitrogens is 1. The van der Waals surface area contributed by atoms with E-state index in [4.69, 9.17) is 14.2 Å². The van der Waals surface area contributed by atoms with Gasteiger partial charge in [0.25, 0.3) is 0 Å². The molecule has 1 aliphatic carbocycles. The lowest BCUT2D eigenvalue weighted by Gasteiger charge is -2.58. The molecule has 3 unspecified atom stereocenters. The van der Waals surface area contributed by atoms with Gasteiger partial charge in [-0.2, -0.15) is 4.98 Å². The molecule has 2 fully saturated rings. The quantitative estimate of drug-likeness (QED) is 0.792. The van der Waals surface area contributed by atoms with Crippen LogP contribution in [-0.4, -0.2) is 51.0 Å². The highest BCUT2D eigenvalue weighted by molar-refractivity contribution is 5.92. The number of nitrogens with zero attached hydrogens (tertiary/aromatic N) is 2. The second kappa shape index (κ2) is 5.67. The van der Waals surface area contributed by atoms with E-state index in [1.807, 2.05) is 13.1 Å². The zero-order chi connectivity index (χ0) is 16.8. The van der Waals surface area contributed by atoms with Crippen molar-refractivity contribution in [1.82, 2.24) is 4.98 Å². The summed E-state index contributed by atoms with van der Waals surface area (Å²) >= 11 is 0. The number of pyridine rings is 1. The second-order valence-electron chi connectivity index (χ2n) is 6.84. The predicted molar refractivity (Wildman–Crippen MR) is 85.9 cm³/mol. The van der Waals surface area contributed by atoms with Crippen molar-refractivity contribution in [3.05, 3.63) is 17.7 Å². The summed E-state index contributed by atoms with van der Waals surface area (Å²) in [4.78, 5) is 18.4. The van der Waals surface area contributed by atoms with Crippen LogP contribution in [0.2, 0.25) is 0 Å². The van der Waals surface area contributed by atoms with Crippen molar-refractivity contribution in [2.75, 3.05) is 32.8 Å². The molecule has 2 heterocycles. The summed E-state index contributed by atoms with van der Waals surface area (Å²) < 4.78 is 15.9. The molecule has 1 aromatic heterocycles. The van der Waals surface area contributed by atoms with E-state index in [0.29, 0.717) is 23.6 Å². The largest absolute Gasteiger partial charge is 0.480 e. The number of rotatable bonds is 4. The van der Waals surface area contributed by atoms with Crippen LogP contribution < -0.4 is 9.64 Å². The molecule has 3 atom stereocenters. The maximum atomic E-state index is 11.8. The Labute approximate surface area is 136 Å². The number of fused-ring (bicyclic) bond motifs is 1. The van der Waals surface area contributed by atoms with Crippen molar-refractivity contribution in [2.45, 2.75) is 32.4 Å². The SMILES string of the molecule is COC(=O)c1ccc(N(C)C2C3CCOC3C2(C)C)nc1OC. The molecule has 0 N–H and O–H groups in total. The molecule has 2 aliphatic rings. The lowest BCUT2D eigenvalue weighted by atomic mass is 9.57. The van der Waals surface area contributed by atoms with E-state index >= 15 is 0 Å². The van der Waals surface area contributed by atoms with Crippen LogP contribution in [0, 0.1) is 11.3 Å². The number of ether oxygens (including phenoxy) is 3. The summed E-state index contributed by atoms with van der Waals surface area (Å²) in [7, 11) is 4.89. The van der Waals surface area contributed by atoms with E-state index in [2.05, 4.69) is 23.7 Å². The number of methoxy groups -OCH3 is 2. The van der Waals surface area contributed by atoms with Crippen LogP contribution in [0.1, 0.15) is 30.6 Å². The first kappa shape index (κ1) is 16.1. The number of hydrogen-bond acceptors (Lipinski definition) is 6. The predicted octanol–water partition coefficient (Wildman–Crippen LogP) is 2.13. The molecule has 0 aromatic carbocycles. The van der Waals surface area contributed by atoms with E-state index in [-0.39, 0.29) is 11.3 Å². The summed E-state index contributed by atoms with van der Waals surface area (Å²) in [5.41, 5.74) is 0.411. The molecule has 0 bridgehead atoms. The second-order valence-corrected chi connectivity index (χ2v) is 6.84. The molecule has 126 valence electrons. The first-order chi connectivity index (χ1) is 10.9. The van der Waals surface area contributed by atoms with Crippen molar-refractivity contribution >= 4 is 11.8 Å². The minimum absolute atomic E-state index is 0.0753. The Morgan fingerprint density at radius 2 is 2.13 bits per heavy atom. The topological polar surface area (TPSA) is 60.9 Å². The third kappa shape index (κ3) is 2.36. The van der Waals surface area contributed by atoms with E-state index in [9.17, 15) is 4.79 Å². The molecule has 3 rings (SSSR count). The number of hydrogen-bond donors (Lipinski definition) is 0. The number of carbonyl (C=O) groups is 1. The fraction of sp³-hybridized carbons (Fsp3) is 0.647. The standard InChI is InChI=1S/C17H24N2O4/c1-17(2)13(10-8-9-23-14(10)17)19(3)12-7-6-11(16(20)22-5)15(18-12)21-4/h6-7,10,13-14H,8-9H2,1-5H3. The Hall–Kier alpha value is -1.82. The van der Waals surface area contributed by atoms with Gasteiger partial charge >= 0.3 is 5.97 Å². The van der Waals surface area contributed by atoms with Gasteiger partial charge in [0.15, 0.2) is 0 Å². The van der Waals surface area contributed by atoms with Gasteiger partial charge in [0, 0.05) is 31.0 Å². The smallest absolute Gasteiger partial charge is 0.343 e. The summed E-state index contributed by atoms with van der Waals surface area (Å²) in [5, 5.41) is 0. The zero-order valence-electron chi connectivity index (χ0n) is 14.3. The van der Waals surface area contributed by atoms with E-state index in [1.165, 1.54) is 14.2 Å². The average Bonchev–Trinajstić information content (AvgIpc) is 2.99. The van der Waals surface area contributed by atoms with Gasteiger partial charge in [-0.25, -0.2) is 4.79 Å². The Kier molecular flexibility index (Phi) is 3.96. The van der Waals surface area contributed by atoms with Crippen LogP contribution in [0.4, 0.5) is 5.82 Å². The van der Waals surface area contributed by atoms with Crippen LogP contribution in [0.5, 0.6) is 5.88 Å². The molecular formula is C17H24N2O4. The van der Waals surface area contributed by atoms with E-state index in [0.717, 1.165) is 18.8 Å². The monoisotopic (exact) mass is 320 g/mol. The molecule has 0 radical (unpaired) electrons. The number of esters is 1. The molecule has 6 nitrogen and oxygen atoms in total. The fourth-order valence-corrected chi connectivity index (χ4v) is 4.27. The van der Waals surface area contributed by atoms with Crippen LogP contribution in [0.25, 0.3) is 0 Å². The maximum Gasteiger partial charge on any atom is 0.343 e. The zero-order valence-corrected chi connectivity index (χ0v) is 14.3. The molecule has 1 saturated carbocycles. The summed E-state index contributed by atoms with van der Waals surface area (Å²) in [6.07, 6.45) is 1.41. The highest BCUT2D eigenvalue weighted by Crippen LogP contribution is 2.54. The molecular weight excluding hydrogens is 296 g/mol. The normalized spacial score (nSPS) is 27.8. The van der Waals surface area contributed by atoms with Gasteiger partial charge in [0.2, 0.25) is 5.88 Å². The van der Waals surface area contributed by atoms with Crippen molar-refractivity contribution in [1.29, 1.82) is 0 Å². The van der Waals surface area contributed by atoms with Gasteiger partial charge < -0.3 is 19.1 Å². The van der Waals surface area contributed by atoms with Crippen molar-refractivity contribution in [2.24, 2.45) is 11.3 Å². The lowest BCUT2D eigenvalue weighted by Crippen LogP contribution is -2.66. The van der Waals surface area contributed by atoms with Crippen LogP contribution in [0.3, 0.4) is 0 Å². The molecule has 0 amide bonds. The van der Waals surface area contributed by atoms with Crippen LogP contribution in [0.15, 0.2) is 12.1 Å². The van der Waals surface area contributed by atoms with Gasteiger partial charge in [0.05, 0.1) is 20.3 Å². The summed E-state index contributed by atoms with van der Waals surface area (Å²) in [6.45, 7) is 5.31. The third-order valence-electron chi connectivity index (χ3n) is 5.26. The van der Waals surface area contributed by atoms with Gasteiger partial charge in [-0.05, 0) is 18.6 Å². The third-order valence-corrected chi connectivity index (χ3v) is 5.26. The maximum absolute atomic E-state index is 11.8. The number of carbonyl (C=O) groups excluding carboxylic acids is 1. The Morgan fingerprint density at radius 3 is 2.78 bits per heavy atom. The summed E-state index contributed by atoms with van der Waals surface area (Å²) in [5.74, 6) is 1.16. The van der Waals surface area contributed by atoms with E-state index in [1.54, 1.807) is 6.07 Å². The van der Waals surface area contributed by atoms with Crippen molar-refractivity contribution in [3.63, 3.8) is 0 Å². The first-order valence-electron chi connectivity index (χ1n) is 7.89. The molecule has 6 heteroatoms. The fourth-order valence-electron chi connectivity index (χ4n) is 4.27. The van der Waals surface area contributed by atoms with Crippen molar-refractivity contribution < 1.29 is 19.0 Å². The Bertz CT molecular complexity index is 617. The van der Waals surface area contributed by atoms with Crippen molar-refractivity contribution in [3.8, 4) is 5.88 Å². The average molecular weight is 320 g/mol. The Balaban J connectivity index is 1.88. The van der Waals surface area contributed by atoms with Gasteiger partial charge in [0.1, 0.15) is 11.4 Å². The minimum atomic E-state index is -0.447. The van der Waals surface area contributed by atoms with Crippen LogP contribution >= 0.6 is 0 Å². The molecule has 23 heavy (non-hydrogen) atoms. The highest BCUT2D eigenvalue weighted by atomic mass is 16.5. The van der Waals surface area contributed by atoms with Gasteiger partial charge in [-0.15, -0.1) is 0 Å². The van der Waals surface area contributed by atoms with Gasteiger partial charge in [-0.1, -0.05) is 13.8 Å². The molecule has 0 spiro atoms. The molecule has 1 aromatic rings. The van der Waals surface area contributed by atoms with E-state index < -0.39 is 5.97 Å².